The van der Waals surface area contributed by atoms with Gasteiger partial charge in [-0.05, 0) is 66.9 Å². The maximum Gasteiger partial charge on any atom is 0.123 e. The summed E-state index contributed by atoms with van der Waals surface area (Å²) in [6.07, 6.45) is 0. The fraction of sp³-hybridized carbons (Fsp3) is 0.294. The third-order valence-electron chi connectivity index (χ3n) is 3.49. The second kappa shape index (κ2) is 6.38. The van der Waals surface area contributed by atoms with Crippen LogP contribution < -0.4 is 5.32 Å². The van der Waals surface area contributed by atoms with Crippen LogP contribution >= 0.6 is 11.6 Å². The van der Waals surface area contributed by atoms with Crippen LogP contribution in [0.3, 0.4) is 0 Å². The summed E-state index contributed by atoms with van der Waals surface area (Å²) in [6.45, 7) is 6.89. The third kappa shape index (κ3) is 3.20. The molecule has 0 bridgehead atoms. The number of benzene rings is 2. The molecule has 0 aromatic heterocycles. The van der Waals surface area contributed by atoms with Gasteiger partial charge in [0.25, 0.3) is 0 Å². The number of nitrogens with one attached hydrogen (secondary N) is 1. The highest BCUT2D eigenvalue weighted by Crippen LogP contribution is 2.29. The first-order valence-electron chi connectivity index (χ1n) is 6.78. The van der Waals surface area contributed by atoms with E-state index in [-0.39, 0.29) is 11.9 Å². The zero-order valence-corrected chi connectivity index (χ0v) is 12.8. The fourth-order valence-electron chi connectivity index (χ4n) is 2.52. The predicted octanol–water partition coefficient (Wildman–Crippen LogP) is 4.79. The summed E-state index contributed by atoms with van der Waals surface area (Å²) in [6, 6.07) is 10.9. The van der Waals surface area contributed by atoms with Gasteiger partial charge in [0.15, 0.2) is 0 Å². The van der Waals surface area contributed by atoms with Crippen molar-refractivity contribution >= 4 is 11.6 Å². The van der Waals surface area contributed by atoms with Crippen molar-refractivity contribution < 1.29 is 4.39 Å². The van der Waals surface area contributed by atoms with E-state index < -0.39 is 0 Å². The van der Waals surface area contributed by atoms with Gasteiger partial charge in [-0.2, -0.15) is 0 Å². The normalized spacial score (nSPS) is 12.4. The molecule has 2 aromatic carbocycles. The van der Waals surface area contributed by atoms with E-state index in [9.17, 15) is 4.39 Å². The zero-order chi connectivity index (χ0) is 14.7. The first-order chi connectivity index (χ1) is 9.52. The van der Waals surface area contributed by atoms with Crippen LogP contribution in [0.25, 0.3) is 0 Å². The van der Waals surface area contributed by atoms with E-state index in [2.05, 4.69) is 12.2 Å². The predicted molar refractivity (Wildman–Crippen MR) is 82.8 cm³/mol. The summed E-state index contributed by atoms with van der Waals surface area (Å²) in [5.41, 5.74) is 4.35. The van der Waals surface area contributed by atoms with Gasteiger partial charge >= 0.3 is 0 Å². The topological polar surface area (TPSA) is 12.0 Å². The Morgan fingerprint density at radius 1 is 1.05 bits per heavy atom. The molecule has 2 rings (SSSR count). The number of halogens is 2. The van der Waals surface area contributed by atoms with Gasteiger partial charge < -0.3 is 5.32 Å². The molecule has 0 radical (unpaired) electrons. The van der Waals surface area contributed by atoms with Gasteiger partial charge in [-0.25, -0.2) is 4.39 Å². The second-order valence-corrected chi connectivity index (χ2v) is 5.43. The Hall–Kier alpha value is -1.38. The number of hydrogen-bond donors (Lipinski definition) is 1. The molecule has 0 aliphatic carbocycles. The van der Waals surface area contributed by atoms with Gasteiger partial charge in [0.1, 0.15) is 5.82 Å². The van der Waals surface area contributed by atoms with E-state index in [1.165, 1.54) is 11.6 Å². The van der Waals surface area contributed by atoms with Crippen LogP contribution in [0.1, 0.15) is 35.2 Å². The van der Waals surface area contributed by atoms with Gasteiger partial charge in [-0.3, -0.25) is 0 Å². The highest BCUT2D eigenvalue weighted by molar-refractivity contribution is 6.30. The Labute approximate surface area is 124 Å². The van der Waals surface area contributed by atoms with Crippen molar-refractivity contribution in [1.29, 1.82) is 0 Å². The fourth-order valence-corrected chi connectivity index (χ4v) is 2.74. The second-order valence-electron chi connectivity index (χ2n) is 4.99. The van der Waals surface area contributed by atoms with Crippen LogP contribution in [0.4, 0.5) is 4.39 Å². The molecule has 1 nitrogen and oxygen atoms in total. The molecule has 0 spiro atoms. The highest BCUT2D eigenvalue weighted by atomic mass is 35.5. The third-order valence-corrected chi connectivity index (χ3v) is 3.73. The maximum absolute atomic E-state index is 13.3. The zero-order valence-electron chi connectivity index (χ0n) is 12.0. The minimum Gasteiger partial charge on any atom is -0.307 e. The van der Waals surface area contributed by atoms with E-state index in [1.54, 1.807) is 6.07 Å². The van der Waals surface area contributed by atoms with Crippen molar-refractivity contribution in [3.05, 3.63) is 69.5 Å². The van der Waals surface area contributed by atoms with Crippen molar-refractivity contribution in [2.45, 2.75) is 26.8 Å². The van der Waals surface area contributed by atoms with Crippen molar-refractivity contribution in [3.63, 3.8) is 0 Å². The van der Waals surface area contributed by atoms with Crippen LogP contribution in [0, 0.1) is 19.7 Å². The lowest BCUT2D eigenvalue weighted by molar-refractivity contribution is 0.608. The van der Waals surface area contributed by atoms with E-state index in [1.807, 2.05) is 38.1 Å². The summed E-state index contributed by atoms with van der Waals surface area (Å²) < 4.78 is 13.3. The molecule has 0 amide bonds. The summed E-state index contributed by atoms with van der Waals surface area (Å²) in [5, 5.41) is 4.20. The lowest BCUT2D eigenvalue weighted by Gasteiger charge is -2.23. The van der Waals surface area contributed by atoms with Crippen LogP contribution in [-0.4, -0.2) is 6.54 Å². The summed E-state index contributed by atoms with van der Waals surface area (Å²) >= 11 is 6.03. The van der Waals surface area contributed by atoms with E-state index in [0.717, 1.165) is 28.3 Å². The number of aryl methyl sites for hydroxylation is 2. The minimum absolute atomic E-state index is 0.0536. The standard InChI is InChI=1S/C17H19ClFN/c1-4-20-17(15-7-5-13(18)9-11(15)2)16-8-6-14(19)10-12(16)3/h5-10,17,20H,4H2,1-3H3. The van der Waals surface area contributed by atoms with Crippen LogP contribution in [0.2, 0.25) is 5.02 Å². The smallest absolute Gasteiger partial charge is 0.123 e. The summed E-state index contributed by atoms with van der Waals surface area (Å²) in [5.74, 6) is -0.200. The first kappa shape index (κ1) is 15.0. The average molecular weight is 292 g/mol. The molecule has 2 aromatic rings. The molecular formula is C17H19ClFN. The summed E-state index contributed by atoms with van der Waals surface area (Å²) in [4.78, 5) is 0. The molecule has 106 valence electrons. The summed E-state index contributed by atoms with van der Waals surface area (Å²) in [7, 11) is 0. The number of rotatable bonds is 4. The van der Waals surface area contributed by atoms with Crippen LogP contribution in [-0.2, 0) is 0 Å². The lowest BCUT2D eigenvalue weighted by Crippen LogP contribution is -2.23. The first-order valence-corrected chi connectivity index (χ1v) is 7.16. The van der Waals surface area contributed by atoms with E-state index in [0.29, 0.717) is 0 Å². The molecule has 0 saturated heterocycles. The molecule has 0 heterocycles. The quantitative estimate of drug-likeness (QED) is 0.853. The van der Waals surface area contributed by atoms with Crippen LogP contribution in [0.15, 0.2) is 36.4 Å². The van der Waals surface area contributed by atoms with Crippen LogP contribution in [0.5, 0.6) is 0 Å². The average Bonchev–Trinajstić information content (AvgIpc) is 2.37. The van der Waals surface area contributed by atoms with Gasteiger partial charge in [-0.15, -0.1) is 0 Å². The van der Waals surface area contributed by atoms with Gasteiger partial charge in [-0.1, -0.05) is 30.7 Å². The van der Waals surface area contributed by atoms with E-state index in [4.69, 9.17) is 11.6 Å². The molecule has 0 aliphatic rings. The van der Waals surface area contributed by atoms with Gasteiger partial charge in [0.05, 0.1) is 6.04 Å². The molecular weight excluding hydrogens is 273 g/mol. The Morgan fingerprint density at radius 3 is 2.20 bits per heavy atom. The van der Waals surface area contributed by atoms with Crippen molar-refractivity contribution in [1.82, 2.24) is 5.32 Å². The molecule has 3 heteroatoms. The molecule has 1 unspecified atom stereocenters. The van der Waals surface area contributed by atoms with Gasteiger partial charge in [0, 0.05) is 5.02 Å². The van der Waals surface area contributed by atoms with E-state index >= 15 is 0 Å². The van der Waals surface area contributed by atoms with Crippen molar-refractivity contribution in [2.24, 2.45) is 0 Å². The lowest BCUT2D eigenvalue weighted by atomic mass is 9.92. The molecule has 20 heavy (non-hydrogen) atoms. The maximum atomic E-state index is 13.3. The van der Waals surface area contributed by atoms with Gasteiger partial charge in [0.2, 0.25) is 0 Å². The molecule has 0 aliphatic heterocycles. The number of hydrogen-bond acceptors (Lipinski definition) is 1. The Balaban J connectivity index is 2.50. The Bertz CT molecular complexity index is 558. The monoisotopic (exact) mass is 291 g/mol. The molecule has 0 fully saturated rings. The van der Waals surface area contributed by atoms with Crippen molar-refractivity contribution in [3.8, 4) is 0 Å². The Morgan fingerprint density at radius 2 is 1.65 bits per heavy atom. The molecule has 1 N–H and O–H groups in total. The largest absolute Gasteiger partial charge is 0.307 e. The molecule has 0 saturated carbocycles. The Kier molecular flexibility index (Phi) is 4.79. The van der Waals surface area contributed by atoms with Crippen molar-refractivity contribution in [2.75, 3.05) is 6.54 Å². The SMILES string of the molecule is CCNC(c1ccc(F)cc1C)c1ccc(Cl)cc1C. The molecule has 1 atom stereocenters. The minimum atomic E-state index is -0.200. The highest BCUT2D eigenvalue weighted by Gasteiger charge is 2.17.